The van der Waals surface area contributed by atoms with Gasteiger partial charge in [0, 0.05) is 6.54 Å². The molecule has 0 aliphatic rings. The summed E-state index contributed by atoms with van der Waals surface area (Å²) < 4.78 is 5.01. The second-order valence-corrected chi connectivity index (χ2v) is 4.18. The number of carbonyl (C=O) groups excluding carboxylic acids is 1. The molecule has 0 radical (unpaired) electrons. The van der Waals surface area contributed by atoms with Gasteiger partial charge in [0.2, 0.25) is 0 Å². The van der Waals surface area contributed by atoms with Crippen molar-refractivity contribution in [3.8, 4) is 0 Å². The van der Waals surface area contributed by atoms with Gasteiger partial charge in [-0.15, -0.1) is 0 Å². The van der Waals surface area contributed by atoms with Crippen LogP contribution in [0.25, 0.3) is 0 Å². The van der Waals surface area contributed by atoms with E-state index < -0.39 is 0 Å². The topological polar surface area (TPSA) is 42.2 Å². The van der Waals surface area contributed by atoms with Crippen LogP contribution >= 0.6 is 0 Å². The van der Waals surface area contributed by atoms with Crippen molar-refractivity contribution in [1.29, 1.82) is 0 Å². The van der Waals surface area contributed by atoms with E-state index in [2.05, 4.69) is 17.4 Å². The molecule has 1 heterocycles. The van der Waals surface area contributed by atoms with Crippen LogP contribution in [0.1, 0.15) is 29.0 Å². The number of benzene rings is 1. The number of unbranched alkanes of at least 4 members (excludes halogenated alkanes) is 1. The molecule has 94 valence electrons. The van der Waals surface area contributed by atoms with Crippen LogP contribution in [0.2, 0.25) is 0 Å². The second-order valence-electron chi connectivity index (χ2n) is 4.18. The van der Waals surface area contributed by atoms with Crippen LogP contribution in [0.3, 0.4) is 0 Å². The van der Waals surface area contributed by atoms with Crippen molar-refractivity contribution in [3.05, 3.63) is 60.1 Å². The number of aryl methyl sites for hydroxylation is 1. The van der Waals surface area contributed by atoms with Crippen LogP contribution in [-0.4, -0.2) is 12.5 Å². The Hall–Kier alpha value is -2.03. The highest BCUT2D eigenvalue weighted by Crippen LogP contribution is 2.04. The molecule has 1 N–H and O–H groups in total. The van der Waals surface area contributed by atoms with Gasteiger partial charge in [0.05, 0.1) is 6.26 Å². The summed E-state index contributed by atoms with van der Waals surface area (Å²) in [6.45, 7) is 0.687. The van der Waals surface area contributed by atoms with Gasteiger partial charge in [0.1, 0.15) is 0 Å². The number of nitrogens with one attached hydrogen (secondary N) is 1. The van der Waals surface area contributed by atoms with E-state index >= 15 is 0 Å². The smallest absolute Gasteiger partial charge is 0.286 e. The number of hydrogen-bond donors (Lipinski definition) is 1. The minimum absolute atomic E-state index is 0.139. The Morgan fingerprint density at radius 3 is 2.61 bits per heavy atom. The Balaban J connectivity index is 1.61. The molecular formula is C15H17NO2. The van der Waals surface area contributed by atoms with E-state index in [4.69, 9.17) is 4.42 Å². The minimum atomic E-state index is -0.139. The first kappa shape index (κ1) is 12.4. The Kier molecular flexibility index (Phi) is 4.59. The Morgan fingerprint density at radius 1 is 1.06 bits per heavy atom. The Morgan fingerprint density at radius 2 is 1.89 bits per heavy atom. The van der Waals surface area contributed by atoms with Crippen LogP contribution in [-0.2, 0) is 6.42 Å². The van der Waals surface area contributed by atoms with Crippen LogP contribution in [0, 0.1) is 0 Å². The van der Waals surface area contributed by atoms with Gasteiger partial charge >= 0.3 is 0 Å². The number of rotatable bonds is 6. The normalized spacial score (nSPS) is 10.2. The van der Waals surface area contributed by atoms with Gasteiger partial charge in [-0.25, -0.2) is 0 Å². The predicted octanol–water partition coefficient (Wildman–Crippen LogP) is 3.03. The van der Waals surface area contributed by atoms with E-state index in [0.717, 1.165) is 19.3 Å². The molecule has 0 aliphatic carbocycles. The molecule has 0 aliphatic heterocycles. The maximum atomic E-state index is 11.5. The lowest BCUT2D eigenvalue weighted by Gasteiger charge is -2.03. The van der Waals surface area contributed by atoms with Gasteiger partial charge in [0.15, 0.2) is 5.76 Å². The summed E-state index contributed by atoms with van der Waals surface area (Å²) >= 11 is 0. The lowest BCUT2D eigenvalue weighted by Crippen LogP contribution is -2.23. The van der Waals surface area contributed by atoms with E-state index in [1.165, 1.54) is 11.8 Å². The van der Waals surface area contributed by atoms with Gasteiger partial charge < -0.3 is 9.73 Å². The molecule has 0 saturated carbocycles. The lowest BCUT2D eigenvalue weighted by atomic mass is 10.1. The fourth-order valence-electron chi connectivity index (χ4n) is 1.80. The maximum Gasteiger partial charge on any atom is 0.286 e. The lowest BCUT2D eigenvalue weighted by molar-refractivity contribution is 0.0925. The van der Waals surface area contributed by atoms with E-state index in [0.29, 0.717) is 12.3 Å². The summed E-state index contributed by atoms with van der Waals surface area (Å²) in [6.07, 6.45) is 4.60. The number of carbonyl (C=O) groups is 1. The molecule has 1 aromatic heterocycles. The molecule has 3 heteroatoms. The summed E-state index contributed by atoms with van der Waals surface area (Å²) in [6, 6.07) is 13.8. The second kappa shape index (κ2) is 6.64. The summed E-state index contributed by atoms with van der Waals surface area (Å²) in [5.41, 5.74) is 1.34. The SMILES string of the molecule is O=C(NCCCCc1ccccc1)c1ccco1. The molecule has 0 atom stereocenters. The van der Waals surface area contributed by atoms with Crippen LogP contribution in [0.4, 0.5) is 0 Å². The van der Waals surface area contributed by atoms with Crippen LogP contribution < -0.4 is 5.32 Å². The molecule has 0 fully saturated rings. The summed E-state index contributed by atoms with van der Waals surface area (Å²) in [5, 5.41) is 2.84. The summed E-state index contributed by atoms with van der Waals surface area (Å²) in [5.74, 6) is 0.234. The number of hydrogen-bond acceptors (Lipinski definition) is 2. The highest BCUT2D eigenvalue weighted by molar-refractivity contribution is 5.91. The monoisotopic (exact) mass is 243 g/mol. The van der Waals surface area contributed by atoms with Crippen molar-refractivity contribution in [1.82, 2.24) is 5.32 Å². The van der Waals surface area contributed by atoms with E-state index in [-0.39, 0.29) is 5.91 Å². The van der Waals surface area contributed by atoms with Crippen molar-refractivity contribution >= 4 is 5.91 Å². The van der Waals surface area contributed by atoms with Crippen molar-refractivity contribution in [3.63, 3.8) is 0 Å². The summed E-state index contributed by atoms with van der Waals surface area (Å²) in [4.78, 5) is 11.5. The molecule has 0 saturated heterocycles. The van der Waals surface area contributed by atoms with E-state index in [1.807, 2.05) is 18.2 Å². The molecule has 3 nitrogen and oxygen atoms in total. The van der Waals surface area contributed by atoms with Gasteiger partial charge in [-0.1, -0.05) is 30.3 Å². The first-order valence-electron chi connectivity index (χ1n) is 6.22. The Bertz CT molecular complexity index is 463. The summed E-state index contributed by atoms with van der Waals surface area (Å²) in [7, 11) is 0. The quantitative estimate of drug-likeness (QED) is 0.792. The minimum Gasteiger partial charge on any atom is -0.459 e. The highest BCUT2D eigenvalue weighted by atomic mass is 16.3. The Labute approximate surface area is 107 Å². The van der Waals surface area contributed by atoms with Crippen molar-refractivity contribution < 1.29 is 9.21 Å². The molecule has 0 spiro atoms. The maximum absolute atomic E-state index is 11.5. The van der Waals surface area contributed by atoms with Crippen molar-refractivity contribution in [2.75, 3.05) is 6.54 Å². The third-order valence-corrected chi connectivity index (χ3v) is 2.77. The van der Waals surface area contributed by atoms with Crippen molar-refractivity contribution in [2.45, 2.75) is 19.3 Å². The van der Waals surface area contributed by atoms with E-state index in [1.54, 1.807) is 12.1 Å². The zero-order chi connectivity index (χ0) is 12.6. The highest BCUT2D eigenvalue weighted by Gasteiger charge is 2.06. The third-order valence-electron chi connectivity index (χ3n) is 2.77. The largest absolute Gasteiger partial charge is 0.459 e. The number of amides is 1. The molecule has 18 heavy (non-hydrogen) atoms. The third kappa shape index (κ3) is 3.77. The van der Waals surface area contributed by atoms with Crippen LogP contribution in [0.15, 0.2) is 53.1 Å². The van der Waals surface area contributed by atoms with Gasteiger partial charge in [-0.3, -0.25) is 4.79 Å². The van der Waals surface area contributed by atoms with Gasteiger partial charge in [0.25, 0.3) is 5.91 Å². The van der Waals surface area contributed by atoms with E-state index in [9.17, 15) is 4.79 Å². The number of furan rings is 1. The molecule has 0 unspecified atom stereocenters. The molecular weight excluding hydrogens is 226 g/mol. The zero-order valence-corrected chi connectivity index (χ0v) is 10.3. The first-order valence-corrected chi connectivity index (χ1v) is 6.22. The first-order chi connectivity index (χ1) is 8.86. The molecule has 0 bridgehead atoms. The standard InChI is InChI=1S/C15H17NO2/c17-15(14-10-6-12-18-14)16-11-5-4-9-13-7-2-1-3-8-13/h1-3,6-8,10,12H,4-5,9,11H2,(H,16,17). The van der Waals surface area contributed by atoms with Gasteiger partial charge in [-0.2, -0.15) is 0 Å². The molecule has 2 rings (SSSR count). The molecule has 2 aromatic rings. The average Bonchev–Trinajstić information content (AvgIpc) is 2.93. The fourth-order valence-corrected chi connectivity index (χ4v) is 1.80. The molecule has 1 amide bonds. The van der Waals surface area contributed by atoms with Crippen molar-refractivity contribution in [2.24, 2.45) is 0 Å². The van der Waals surface area contributed by atoms with Gasteiger partial charge in [-0.05, 0) is 37.0 Å². The average molecular weight is 243 g/mol. The molecule has 1 aromatic carbocycles. The fraction of sp³-hybridized carbons (Fsp3) is 0.267. The van der Waals surface area contributed by atoms with Crippen LogP contribution in [0.5, 0.6) is 0 Å². The zero-order valence-electron chi connectivity index (χ0n) is 10.3. The predicted molar refractivity (Wildman–Crippen MR) is 70.4 cm³/mol.